The monoisotopic (exact) mass is 531 g/mol. The van der Waals surface area contributed by atoms with E-state index in [0.29, 0.717) is 23.0 Å². The van der Waals surface area contributed by atoms with Gasteiger partial charge in [-0.3, -0.25) is 4.79 Å². The SMILES string of the molecule is CNC.CO/N=C(/C=O)c1cccc(C)c1CO/N=C(\C)c1ccc(-c2ccc(F)cc2)cc1C(F)(F)F. The van der Waals surface area contributed by atoms with Crippen molar-refractivity contribution >= 4 is 17.7 Å². The molecule has 3 aromatic carbocycles. The van der Waals surface area contributed by atoms with Crippen molar-refractivity contribution in [3.05, 3.63) is 94.3 Å². The molecular weight excluding hydrogens is 502 g/mol. The molecular formula is C28H29F4N3O3. The van der Waals surface area contributed by atoms with Crippen LogP contribution in [0.5, 0.6) is 0 Å². The maximum absolute atomic E-state index is 13.8. The van der Waals surface area contributed by atoms with Crippen molar-refractivity contribution in [2.24, 2.45) is 10.3 Å². The van der Waals surface area contributed by atoms with Crippen molar-refractivity contribution in [2.45, 2.75) is 26.6 Å². The number of hydrogen-bond acceptors (Lipinski definition) is 6. The summed E-state index contributed by atoms with van der Waals surface area (Å²) >= 11 is 0. The molecule has 0 aliphatic carbocycles. The van der Waals surface area contributed by atoms with Crippen molar-refractivity contribution in [3.63, 3.8) is 0 Å². The lowest BCUT2D eigenvalue weighted by Gasteiger charge is -2.15. The Morgan fingerprint density at radius 3 is 2.18 bits per heavy atom. The minimum atomic E-state index is -4.65. The molecule has 0 amide bonds. The predicted molar refractivity (Wildman–Crippen MR) is 140 cm³/mol. The number of aryl methyl sites for hydroxylation is 1. The number of carbonyl (C=O) groups excluding carboxylic acids is 1. The molecule has 38 heavy (non-hydrogen) atoms. The zero-order chi connectivity index (χ0) is 28.3. The largest absolute Gasteiger partial charge is 0.417 e. The third kappa shape index (κ3) is 7.97. The number of nitrogens with one attached hydrogen (secondary N) is 1. The first-order chi connectivity index (χ1) is 18.1. The number of benzene rings is 3. The van der Waals surface area contributed by atoms with Gasteiger partial charge in [0.2, 0.25) is 0 Å². The molecule has 0 radical (unpaired) electrons. The number of halogens is 4. The van der Waals surface area contributed by atoms with Crippen LogP contribution in [0.2, 0.25) is 0 Å². The van der Waals surface area contributed by atoms with Gasteiger partial charge in [0.25, 0.3) is 0 Å². The zero-order valence-electron chi connectivity index (χ0n) is 21.7. The Balaban J connectivity index is 0.00000161. The van der Waals surface area contributed by atoms with Gasteiger partial charge in [0.05, 0.1) is 11.3 Å². The average Bonchev–Trinajstić information content (AvgIpc) is 2.88. The van der Waals surface area contributed by atoms with Crippen molar-refractivity contribution < 1.29 is 32.0 Å². The smallest absolute Gasteiger partial charge is 0.399 e. The van der Waals surface area contributed by atoms with Crippen molar-refractivity contribution in [1.29, 1.82) is 0 Å². The fourth-order valence-corrected chi connectivity index (χ4v) is 3.53. The number of aldehydes is 1. The van der Waals surface area contributed by atoms with Gasteiger partial charge in [-0.2, -0.15) is 13.2 Å². The normalized spacial score (nSPS) is 11.9. The summed E-state index contributed by atoms with van der Waals surface area (Å²) in [6, 6.07) is 14.2. The van der Waals surface area contributed by atoms with Crippen LogP contribution in [-0.2, 0) is 27.3 Å². The molecule has 0 atom stereocenters. The molecule has 3 aromatic rings. The number of alkyl halides is 3. The number of carbonyl (C=O) groups is 1. The van der Waals surface area contributed by atoms with Crippen LogP contribution < -0.4 is 5.32 Å². The van der Waals surface area contributed by atoms with Crippen LogP contribution in [0, 0.1) is 12.7 Å². The van der Waals surface area contributed by atoms with E-state index in [1.54, 1.807) is 25.1 Å². The van der Waals surface area contributed by atoms with Gasteiger partial charge < -0.3 is 15.0 Å². The summed E-state index contributed by atoms with van der Waals surface area (Å²) in [5.41, 5.74) is 1.59. The molecule has 0 unspecified atom stereocenters. The molecule has 0 aromatic heterocycles. The highest BCUT2D eigenvalue weighted by Crippen LogP contribution is 2.35. The summed E-state index contributed by atoms with van der Waals surface area (Å²) in [4.78, 5) is 21.5. The highest BCUT2D eigenvalue weighted by Gasteiger charge is 2.34. The quantitative estimate of drug-likeness (QED) is 0.164. The van der Waals surface area contributed by atoms with Crippen LogP contribution in [0.25, 0.3) is 11.1 Å². The van der Waals surface area contributed by atoms with Gasteiger partial charge in [-0.25, -0.2) is 4.39 Å². The predicted octanol–water partition coefficient (Wildman–Crippen LogP) is 6.15. The molecule has 3 rings (SSSR count). The summed E-state index contributed by atoms with van der Waals surface area (Å²) in [7, 11) is 5.06. The van der Waals surface area contributed by atoms with E-state index in [2.05, 4.69) is 15.6 Å². The van der Waals surface area contributed by atoms with E-state index in [4.69, 9.17) is 9.68 Å². The zero-order valence-corrected chi connectivity index (χ0v) is 21.7. The molecule has 1 N–H and O–H groups in total. The number of oxime groups is 2. The lowest BCUT2D eigenvalue weighted by atomic mass is 9.96. The Bertz CT molecular complexity index is 1290. The van der Waals surface area contributed by atoms with Gasteiger partial charge in [0, 0.05) is 16.7 Å². The summed E-state index contributed by atoms with van der Waals surface area (Å²) in [6.45, 7) is 3.10. The average molecular weight is 532 g/mol. The highest BCUT2D eigenvalue weighted by molar-refractivity contribution is 6.36. The molecule has 0 bridgehead atoms. The first-order valence-electron chi connectivity index (χ1n) is 11.4. The first kappa shape index (κ1) is 30.2. The second-order valence-corrected chi connectivity index (χ2v) is 8.09. The molecule has 0 aliphatic rings. The summed E-state index contributed by atoms with van der Waals surface area (Å²) in [5.74, 6) is -0.480. The van der Waals surface area contributed by atoms with Crippen LogP contribution in [0.3, 0.4) is 0 Å². The van der Waals surface area contributed by atoms with Gasteiger partial charge in [-0.15, -0.1) is 0 Å². The molecule has 0 spiro atoms. The fourth-order valence-electron chi connectivity index (χ4n) is 3.53. The number of hydrogen-bond donors (Lipinski definition) is 1. The van der Waals surface area contributed by atoms with E-state index in [-0.39, 0.29) is 29.2 Å². The third-order valence-electron chi connectivity index (χ3n) is 5.29. The molecule has 6 nitrogen and oxygen atoms in total. The third-order valence-corrected chi connectivity index (χ3v) is 5.29. The van der Waals surface area contributed by atoms with Crippen molar-refractivity contribution in [2.75, 3.05) is 21.2 Å². The lowest BCUT2D eigenvalue weighted by Crippen LogP contribution is -2.13. The molecule has 0 fully saturated rings. The topological polar surface area (TPSA) is 72.3 Å². The lowest BCUT2D eigenvalue weighted by molar-refractivity contribution is -0.137. The van der Waals surface area contributed by atoms with E-state index >= 15 is 0 Å². The minimum Gasteiger partial charge on any atom is -0.399 e. The molecule has 10 heteroatoms. The van der Waals surface area contributed by atoms with E-state index in [0.717, 1.165) is 11.6 Å². The minimum absolute atomic E-state index is 0.0132. The summed E-state index contributed by atoms with van der Waals surface area (Å²) in [5, 5.41) is 10.3. The summed E-state index contributed by atoms with van der Waals surface area (Å²) in [6.07, 6.45) is -4.12. The van der Waals surface area contributed by atoms with Gasteiger partial charge in [-0.1, -0.05) is 52.8 Å². The maximum atomic E-state index is 13.8. The Morgan fingerprint density at radius 1 is 0.974 bits per heavy atom. The van der Waals surface area contributed by atoms with E-state index < -0.39 is 17.6 Å². The first-order valence-corrected chi connectivity index (χ1v) is 11.4. The van der Waals surface area contributed by atoms with E-state index in [9.17, 15) is 22.4 Å². The maximum Gasteiger partial charge on any atom is 0.417 e. The second-order valence-electron chi connectivity index (χ2n) is 8.09. The molecule has 0 saturated heterocycles. The molecule has 202 valence electrons. The van der Waals surface area contributed by atoms with Crippen LogP contribution in [0.15, 0.2) is 71.0 Å². The van der Waals surface area contributed by atoms with Gasteiger partial charge >= 0.3 is 6.18 Å². The summed E-state index contributed by atoms with van der Waals surface area (Å²) < 4.78 is 54.7. The van der Waals surface area contributed by atoms with Crippen LogP contribution in [-0.4, -0.2) is 38.9 Å². The van der Waals surface area contributed by atoms with E-state index in [1.165, 1.54) is 50.4 Å². The number of rotatable bonds is 8. The molecule has 0 saturated carbocycles. The second kappa shape index (κ2) is 14.0. The highest BCUT2D eigenvalue weighted by atomic mass is 19.4. The number of nitrogens with zero attached hydrogens (tertiary/aromatic N) is 2. The van der Waals surface area contributed by atoms with Crippen LogP contribution >= 0.6 is 0 Å². The Labute approximate surface area is 219 Å². The van der Waals surface area contributed by atoms with Crippen LogP contribution in [0.1, 0.15) is 34.7 Å². The molecule has 0 heterocycles. The van der Waals surface area contributed by atoms with Crippen LogP contribution in [0.4, 0.5) is 17.6 Å². The fraction of sp³-hybridized carbons (Fsp3) is 0.250. The Hall–Kier alpha value is -4.05. The van der Waals surface area contributed by atoms with E-state index in [1.807, 2.05) is 14.1 Å². The van der Waals surface area contributed by atoms with Crippen molar-refractivity contribution in [3.8, 4) is 11.1 Å². The van der Waals surface area contributed by atoms with Gasteiger partial charge in [0.1, 0.15) is 25.2 Å². The Morgan fingerprint density at radius 2 is 1.61 bits per heavy atom. The standard InChI is InChI=1S/C26H22F4N2O3.C2H7N/c1-16-5-4-6-22(25(14-33)32-34-3)23(16)15-35-31-17(2)21-12-9-19(13-24(21)26(28,29)30)18-7-10-20(27)11-8-18;1-3-2/h4-14H,15H2,1-3H3;3H,1-2H3/b31-17+,32-25-;. The van der Waals surface area contributed by atoms with Gasteiger partial charge in [0.15, 0.2) is 6.29 Å². The van der Waals surface area contributed by atoms with Crippen molar-refractivity contribution in [1.82, 2.24) is 5.32 Å². The Kier molecular flexibility index (Phi) is 11.1. The van der Waals surface area contributed by atoms with Gasteiger partial charge in [-0.05, 0) is 62.8 Å². The molecule has 0 aliphatic heterocycles.